The molecule has 116 valence electrons. The van der Waals surface area contributed by atoms with Crippen LogP contribution in [0, 0.1) is 0 Å². The largest absolute Gasteiger partial charge is 0.280 e. The van der Waals surface area contributed by atoms with Gasteiger partial charge in [0.1, 0.15) is 0 Å². The summed E-state index contributed by atoms with van der Waals surface area (Å²) >= 11 is 0. The van der Waals surface area contributed by atoms with Crippen LogP contribution in [-0.2, 0) is 15.4 Å². The monoisotopic (exact) mass is 315 g/mol. The standard InChI is InChI=1S/C18H21NO2S/c1-18(2,3)16-9-11-17(12-10-16)19-22(20,21)14-13-15-7-5-4-6-8-15/h4-14,19H,1-3H3/b14-13+. The first-order valence-corrected chi connectivity index (χ1v) is 8.67. The summed E-state index contributed by atoms with van der Waals surface area (Å²) in [5, 5.41) is 1.18. The minimum atomic E-state index is -3.51. The van der Waals surface area contributed by atoms with E-state index in [2.05, 4.69) is 25.5 Å². The van der Waals surface area contributed by atoms with E-state index < -0.39 is 10.0 Å². The number of sulfonamides is 1. The SMILES string of the molecule is CC(C)(C)c1ccc(NS(=O)(=O)/C=C/c2ccccc2)cc1. The maximum Gasteiger partial charge on any atom is 0.255 e. The highest BCUT2D eigenvalue weighted by Crippen LogP contribution is 2.23. The van der Waals surface area contributed by atoms with Crippen molar-refractivity contribution in [2.75, 3.05) is 4.72 Å². The molecule has 3 nitrogen and oxygen atoms in total. The molecule has 2 aromatic rings. The molecule has 0 bridgehead atoms. The zero-order chi connectivity index (χ0) is 16.2. The molecule has 4 heteroatoms. The van der Waals surface area contributed by atoms with Crippen molar-refractivity contribution in [3.05, 3.63) is 71.1 Å². The molecule has 0 saturated carbocycles. The van der Waals surface area contributed by atoms with Gasteiger partial charge in [-0.3, -0.25) is 4.72 Å². The molecule has 22 heavy (non-hydrogen) atoms. The van der Waals surface area contributed by atoms with Gasteiger partial charge in [-0.1, -0.05) is 63.2 Å². The number of nitrogens with one attached hydrogen (secondary N) is 1. The molecule has 0 aliphatic heterocycles. The van der Waals surface area contributed by atoms with E-state index in [0.717, 1.165) is 11.1 Å². The average molecular weight is 315 g/mol. The fourth-order valence-electron chi connectivity index (χ4n) is 1.97. The molecule has 0 unspecified atom stereocenters. The lowest BCUT2D eigenvalue weighted by molar-refractivity contribution is 0.590. The summed E-state index contributed by atoms with van der Waals surface area (Å²) in [5.41, 5.74) is 2.61. The molecule has 0 fully saturated rings. The van der Waals surface area contributed by atoms with Gasteiger partial charge >= 0.3 is 0 Å². The number of anilines is 1. The molecule has 0 saturated heterocycles. The van der Waals surface area contributed by atoms with Crippen molar-refractivity contribution < 1.29 is 8.42 Å². The highest BCUT2D eigenvalue weighted by molar-refractivity contribution is 7.95. The number of benzene rings is 2. The Hall–Kier alpha value is -2.07. The molecule has 0 heterocycles. The summed E-state index contributed by atoms with van der Waals surface area (Å²) in [6.45, 7) is 6.36. The maximum atomic E-state index is 12.1. The average Bonchev–Trinajstić information content (AvgIpc) is 2.46. The van der Waals surface area contributed by atoms with Crippen molar-refractivity contribution in [2.45, 2.75) is 26.2 Å². The Bertz CT molecular complexity index is 740. The van der Waals surface area contributed by atoms with E-state index in [1.165, 1.54) is 5.41 Å². The third-order valence-corrected chi connectivity index (χ3v) is 4.26. The van der Waals surface area contributed by atoms with Gasteiger partial charge in [0.05, 0.1) is 5.41 Å². The Morgan fingerprint density at radius 3 is 2.05 bits per heavy atom. The van der Waals surface area contributed by atoms with E-state index in [1.54, 1.807) is 18.2 Å². The van der Waals surface area contributed by atoms with Gasteiger partial charge in [-0.2, -0.15) is 0 Å². The molecule has 2 rings (SSSR count). The van der Waals surface area contributed by atoms with Crippen LogP contribution in [0.2, 0.25) is 0 Å². The lowest BCUT2D eigenvalue weighted by atomic mass is 9.87. The van der Waals surface area contributed by atoms with E-state index in [9.17, 15) is 8.42 Å². The number of rotatable bonds is 4. The molecular formula is C18H21NO2S. The van der Waals surface area contributed by atoms with Crippen molar-refractivity contribution in [2.24, 2.45) is 0 Å². The topological polar surface area (TPSA) is 46.2 Å². The third kappa shape index (κ3) is 4.74. The molecule has 0 aliphatic rings. The van der Waals surface area contributed by atoms with Crippen LogP contribution in [0.25, 0.3) is 6.08 Å². The van der Waals surface area contributed by atoms with Crippen LogP contribution < -0.4 is 4.72 Å². The molecule has 0 aliphatic carbocycles. The molecule has 0 spiro atoms. The summed E-state index contributed by atoms with van der Waals surface area (Å²) in [4.78, 5) is 0. The molecule has 1 N–H and O–H groups in total. The number of hydrogen-bond donors (Lipinski definition) is 1. The van der Waals surface area contributed by atoms with Crippen LogP contribution >= 0.6 is 0 Å². The van der Waals surface area contributed by atoms with Crippen molar-refractivity contribution in [1.29, 1.82) is 0 Å². The van der Waals surface area contributed by atoms with Crippen LogP contribution in [0.5, 0.6) is 0 Å². The Balaban J connectivity index is 2.10. The first kappa shape index (κ1) is 16.3. The highest BCUT2D eigenvalue weighted by atomic mass is 32.2. The van der Waals surface area contributed by atoms with Crippen molar-refractivity contribution in [3.63, 3.8) is 0 Å². The predicted octanol–water partition coefficient (Wildman–Crippen LogP) is 4.40. The Morgan fingerprint density at radius 1 is 0.909 bits per heavy atom. The Morgan fingerprint density at radius 2 is 1.50 bits per heavy atom. The van der Waals surface area contributed by atoms with Gasteiger partial charge < -0.3 is 0 Å². The van der Waals surface area contributed by atoms with Gasteiger partial charge in [-0.05, 0) is 34.8 Å². The van der Waals surface area contributed by atoms with E-state index in [0.29, 0.717) is 5.69 Å². The van der Waals surface area contributed by atoms with Gasteiger partial charge in [0.15, 0.2) is 0 Å². The summed E-state index contributed by atoms with van der Waals surface area (Å²) in [7, 11) is -3.51. The van der Waals surface area contributed by atoms with Gasteiger partial charge in [0.2, 0.25) is 0 Å². The van der Waals surface area contributed by atoms with Crippen LogP contribution in [0.3, 0.4) is 0 Å². The van der Waals surface area contributed by atoms with Crippen molar-refractivity contribution >= 4 is 21.8 Å². The Labute approximate surface area is 132 Å². The van der Waals surface area contributed by atoms with Crippen LogP contribution in [0.4, 0.5) is 5.69 Å². The van der Waals surface area contributed by atoms with Gasteiger partial charge in [0, 0.05) is 5.69 Å². The van der Waals surface area contributed by atoms with E-state index >= 15 is 0 Å². The molecule has 2 aromatic carbocycles. The van der Waals surface area contributed by atoms with E-state index in [1.807, 2.05) is 42.5 Å². The maximum absolute atomic E-state index is 12.1. The van der Waals surface area contributed by atoms with Gasteiger partial charge in [0.25, 0.3) is 10.0 Å². The molecule has 0 atom stereocenters. The summed E-state index contributed by atoms with van der Waals surface area (Å²) < 4.78 is 26.7. The Kier molecular flexibility index (Phi) is 4.71. The normalized spacial score (nSPS) is 12.5. The molecular weight excluding hydrogens is 294 g/mol. The predicted molar refractivity (Wildman–Crippen MR) is 93.2 cm³/mol. The van der Waals surface area contributed by atoms with Crippen molar-refractivity contribution in [1.82, 2.24) is 0 Å². The smallest absolute Gasteiger partial charge is 0.255 e. The zero-order valence-corrected chi connectivity index (χ0v) is 13.9. The molecule has 0 amide bonds. The van der Waals surface area contributed by atoms with E-state index in [-0.39, 0.29) is 5.41 Å². The molecule has 0 radical (unpaired) electrons. The first-order valence-electron chi connectivity index (χ1n) is 7.13. The summed E-state index contributed by atoms with van der Waals surface area (Å²) in [6, 6.07) is 16.8. The second-order valence-corrected chi connectivity index (χ2v) is 7.75. The van der Waals surface area contributed by atoms with Gasteiger partial charge in [-0.25, -0.2) is 8.42 Å². The summed E-state index contributed by atoms with van der Waals surface area (Å²) in [6.07, 6.45) is 1.58. The first-order chi connectivity index (χ1) is 10.3. The molecule has 0 aromatic heterocycles. The fraction of sp³-hybridized carbons (Fsp3) is 0.222. The highest BCUT2D eigenvalue weighted by Gasteiger charge is 2.13. The number of hydrogen-bond acceptors (Lipinski definition) is 2. The lowest BCUT2D eigenvalue weighted by Gasteiger charge is -2.19. The van der Waals surface area contributed by atoms with Crippen LogP contribution in [-0.4, -0.2) is 8.42 Å². The fourth-order valence-corrected chi connectivity index (χ4v) is 2.84. The quantitative estimate of drug-likeness (QED) is 0.909. The van der Waals surface area contributed by atoms with Gasteiger partial charge in [-0.15, -0.1) is 0 Å². The van der Waals surface area contributed by atoms with E-state index in [4.69, 9.17) is 0 Å². The van der Waals surface area contributed by atoms with Crippen molar-refractivity contribution in [3.8, 4) is 0 Å². The second kappa shape index (κ2) is 6.36. The minimum absolute atomic E-state index is 0.0462. The third-order valence-electron chi connectivity index (χ3n) is 3.25. The zero-order valence-electron chi connectivity index (χ0n) is 13.1. The second-order valence-electron chi connectivity index (χ2n) is 6.19. The minimum Gasteiger partial charge on any atom is -0.280 e. The van der Waals surface area contributed by atoms with Crippen LogP contribution in [0.15, 0.2) is 60.0 Å². The van der Waals surface area contributed by atoms with Crippen LogP contribution in [0.1, 0.15) is 31.9 Å². The summed E-state index contributed by atoms with van der Waals surface area (Å²) in [5.74, 6) is 0. The lowest BCUT2D eigenvalue weighted by Crippen LogP contribution is -2.12.